The normalized spacial score (nSPS) is 12.9. The second-order valence-electron chi connectivity index (χ2n) is 6.44. The predicted octanol–water partition coefficient (Wildman–Crippen LogP) is 4.65. The Morgan fingerprint density at radius 3 is 2.79 bits per heavy atom. The first kappa shape index (κ1) is 17.7. The number of rotatable bonds is 4. The van der Waals surface area contributed by atoms with Crippen LogP contribution < -0.4 is 14.4 Å². The first-order valence-corrected chi connectivity index (χ1v) is 9.79. The molecule has 1 aliphatic heterocycles. The van der Waals surface area contributed by atoms with Crippen molar-refractivity contribution in [2.24, 2.45) is 0 Å². The standard InChI is InChI=1S/C21H15FN2O4S/c22-14-4-5-16-19(11-14)29-21(23-16)24(12-15-2-1-7-26-15)20(25)13-3-6-17-18(10-13)28-9-8-27-17/h1-7,10-11H,8-9,12H2. The molecule has 0 fully saturated rings. The van der Waals surface area contributed by atoms with E-state index in [0.717, 1.165) is 0 Å². The van der Waals surface area contributed by atoms with E-state index in [1.807, 2.05) is 0 Å². The average Bonchev–Trinajstić information content (AvgIpc) is 3.40. The predicted molar refractivity (Wildman–Crippen MR) is 106 cm³/mol. The third kappa shape index (κ3) is 3.42. The van der Waals surface area contributed by atoms with Crippen molar-refractivity contribution in [2.75, 3.05) is 18.1 Å². The summed E-state index contributed by atoms with van der Waals surface area (Å²) in [6.07, 6.45) is 1.55. The molecule has 4 aromatic rings. The van der Waals surface area contributed by atoms with Gasteiger partial charge in [0.2, 0.25) is 0 Å². The highest BCUT2D eigenvalue weighted by molar-refractivity contribution is 7.22. The number of aromatic nitrogens is 1. The van der Waals surface area contributed by atoms with Crippen LogP contribution in [0.3, 0.4) is 0 Å². The second-order valence-corrected chi connectivity index (χ2v) is 7.45. The number of ether oxygens (including phenoxy) is 2. The zero-order valence-electron chi connectivity index (χ0n) is 15.1. The molecule has 2 aromatic heterocycles. The molecule has 0 aliphatic carbocycles. The summed E-state index contributed by atoms with van der Waals surface area (Å²) in [6.45, 7) is 1.11. The Bertz CT molecular complexity index is 1190. The molecule has 0 atom stereocenters. The summed E-state index contributed by atoms with van der Waals surface area (Å²) in [5.74, 6) is 1.15. The molecule has 2 aromatic carbocycles. The Morgan fingerprint density at radius 1 is 1.10 bits per heavy atom. The lowest BCUT2D eigenvalue weighted by atomic mass is 10.1. The summed E-state index contributed by atoms with van der Waals surface area (Å²) in [4.78, 5) is 19.4. The van der Waals surface area contributed by atoms with Crippen LogP contribution in [0.1, 0.15) is 16.1 Å². The van der Waals surface area contributed by atoms with Crippen LogP contribution in [0.5, 0.6) is 11.5 Å². The average molecular weight is 410 g/mol. The maximum absolute atomic E-state index is 13.6. The van der Waals surface area contributed by atoms with Gasteiger partial charge in [-0.2, -0.15) is 0 Å². The van der Waals surface area contributed by atoms with Gasteiger partial charge in [-0.3, -0.25) is 9.69 Å². The number of hydrogen-bond donors (Lipinski definition) is 0. The number of nitrogens with zero attached hydrogens (tertiary/aromatic N) is 2. The Hall–Kier alpha value is -3.39. The van der Waals surface area contributed by atoms with Crippen LogP contribution in [0.2, 0.25) is 0 Å². The Labute approximate surface area is 169 Å². The van der Waals surface area contributed by atoms with E-state index in [0.29, 0.717) is 51.4 Å². The van der Waals surface area contributed by atoms with Crippen molar-refractivity contribution in [2.45, 2.75) is 6.54 Å². The SMILES string of the molecule is O=C(c1ccc2c(c1)OCCO2)N(Cc1ccco1)c1nc2ccc(F)cc2s1. The van der Waals surface area contributed by atoms with Crippen molar-refractivity contribution in [3.63, 3.8) is 0 Å². The molecule has 146 valence electrons. The number of amides is 1. The minimum Gasteiger partial charge on any atom is -0.486 e. The number of carbonyl (C=O) groups is 1. The first-order chi connectivity index (χ1) is 14.2. The highest BCUT2D eigenvalue weighted by Crippen LogP contribution is 2.34. The number of hydrogen-bond acceptors (Lipinski definition) is 6. The largest absolute Gasteiger partial charge is 0.486 e. The van der Waals surface area contributed by atoms with Gasteiger partial charge in [0, 0.05) is 5.56 Å². The summed E-state index contributed by atoms with van der Waals surface area (Å²) in [5, 5.41) is 0.460. The summed E-state index contributed by atoms with van der Waals surface area (Å²) in [6, 6.07) is 13.0. The minimum atomic E-state index is -0.344. The number of benzene rings is 2. The minimum absolute atomic E-state index is 0.197. The molecule has 0 N–H and O–H groups in total. The molecular weight excluding hydrogens is 395 g/mol. The fourth-order valence-corrected chi connectivity index (χ4v) is 4.11. The number of furan rings is 1. The molecular formula is C21H15FN2O4S. The van der Waals surface area contributed by atoms with Gasteiger partial charge in [0.05, 0.1) is 23.0 Å². The van der Waals surface area contributed by atoms with Crippen LogP contribution in [0.15, 0.2) is 59.2 Å². The molecule has 0 radical (unpaired) electrons. The number of carbonyl (C=O) groups excluding carboxylic acids is 1. The second kappa shape index (κ2) is 7.21. The summed E-state index contributed by atoms with van der Waals surface area (Å²) in [7, 11) is 0. The van der Waals surface area contributed by atoms with Crippen molar-refractivity contribution < 1.29 is 23.1 Å². The summed E-state index contributed by atoms with van der Waals surface area (Å²) in [5.41, 5.74) is 1.07. The van der Waals surface area contributed by atoms with E-state index in [4.69, 9.17) is 13.9 Å². The van der Waals surface area contributed by atoms with Crippen molar-refractivity contribution >= 4 is 32.6 Å². The van der Waals surface area contributed by atoms with Crippen molar-refractivity contribution in [3.05, 3.63) is 71.9 Å². The van der Waals surface area contributed by atoms with E-state index in [1.54, 1.807) is 42.7 Å². The molecule has 0 saturated heterocycles. The van der Waals surface area contributed by atoms with Crippen LogP contribution in [-0.4, -0.2) is 24.1 Å². The van der Waals surface area contributed by atoms with Gasteiger partial charge in [-0.05, 0) is 48.5 Å². The van der Waals surface area contributed by atoms with Crippen LogP contribution in [-0.2, 0) is 6.54 Å². The maximum atomic E-state index is 13.6. The monoisotopic (exact) mass is 410 g/mol. The molecule has 3 heterocycles. The number of halogens is 1. The van der Waals surface area contributed by atoms with Gasteiger partial charge in [0.25, 0.3) is 5.91 Å². The quantitative estimate of drug-likeness (QED) is 0.490. The van der Waals surface area contributed by atoms with Gasteiger partial charge in [0.1, 0.15) is 24.8 Å². The number of anilines is 1. The van der Waals surface area contributed by atoms with Gasteiger partial charge in [-0.15, -0.1) is 0 Å². The highest BCUT2D eigenvalue weighted by atomic mass is 32.1. The lowest BCUT2D eigenvalue weighted by molar-refractivity contribution is 0.0982. The van der Waals surface area contributed by atoms with Crippen molar-refractivity contribution in [1.82, 2.24) is 4.98 Å². The van der Waals surface area contributed by atoms with E-state index < -0.39 is 0 Å². The Balaban J connectivity index is 1.55. The Morgan fingerprint density at radius 2 is 1.97 bits per heavy atom. The van der Waals surface area contributed by atoms with Gasteiger partial charge >= 0.3 is 0 Å². The molecule has 5 rings (SSSR count). The van der Waals surface area contributed by atoms with Crippen LogP contribution >= 0.6 is 11.3 Å². The zero-order valence-corrected chi connectivity index (χ0v) is 15.9. The molecule has 1 amide bonds. The smallest absolute Gasteiger partial charge is 0.260 e. The van der Waals surface area contributed by atoms with Crippen molar-refractivity contribution in [1.29, 1.82) is 0 Å². The molecule has 0 saturated carbocycles. The number of fused-ring (bicyclic) bond motifs is 2. The molecule has 0 unspecified atom stereocenters. The lowest BCUT2D eigenvalue weighted by Crippen LogP contribution is -2.30. The molecule has 29 heavy (non-hydrogen) atoms. The van der Waals surface area contributed by atoms with E-state index in [2.05, 4.69) is 4.98 Å². The fourth-order valence-electron chi connectivity index (χ4n) is 3.12. The molecule has 1 aliphatic rings. The molecule has 8 heteroatoms. The van der Waals surface area contributed by atoms with E-state index in [-0.39, 0.29) is 18.3 Å². The fraction of sp³-hybridized carbons (Fsp3) is 0.143. The third-order valence-electron chi connectivity index (χ3n) is 4.50. The first-order valence-electron chi connectivity index (χ1n) is 8.97. The van der Waals surface area contributed by atoms with Crippen LogP contribution in [0, 0.1) is 5.82 Å². The van der Waals surface area contributed by atoms with Gasteiger partial charge < -0.3 is 13.9 Å². The summed E-state index contributed by atoms with van der Waals surface area (Å²) < 4.78 is 30.8. The van der Waals surface area contributed by atoms with Gasteiger partial charge in [0.15, 0.2) is 16.6 Å². The maximum Gasteiger partial charge on any atom is 0.260 e. The van der Waals surface area contributed by atoms with Gasteiger partial charge in [-0.1, -0.05) is 11.3 Å². The van der Waals surface area contributed by atoms with E-state index >= 15 is 0 Å². The molecule has 6 nitrogen and oxygen atoms in total. The van der Waals surface area contributed by atoms with Crippen LogP contribution in [0.4, 0.5) is 9.52 Å². The van der Waals surface area contributed by atoms with E-state index in [1.165, 1.54) is 28.4 Å². The third-order valence-corrected chi connectivity index (χ3v) is 5.54. The highest BCUT2D eigenvalue weighted by Gasteiger charge is 2.24. The van der Waals surface area contributed by atoms with E-state index in [9.17, 15) is 9.18 Å². The zero-order chi connectivity index (χ0) is 19.8. The van der Waals surface area contributed by atoms with Crippen LogP contribution in [0.25, 0.3) is 10.2 Å². The topological polar surface area (TPSA) is 64.8 Å². The lowest BCUT2D eigenvalue weighted by Gasteiger charge is -2.21. The molecule has 0 spiro atoms. The van der Waals surface area contributed by atoms with Gasteiger partial charge in [-0.25, -0.2) is 9.37 Å². The molecule has 0 bridgehead atoms. The Kier molecular flexibility index (Phi) is 4.40. The summed E-state index contributed by atoms with van der Waals surface area (Å²) >= 11 is 1.25. The van der Waals surface area contributed by atoms with Crippen molar-refractivity contribution in [3.8, 4) is 11.5 Å². The number of thiazole rings is 1.